The zero-order valence-corrected chi connectivity index (χ0v) is 38.1. The SMILES string of the molecule is CCCCCCCCCCCCCCCCCC(=O)N[C@@H](CCCCN)C(=O)N[C@@H](CC(C)C)C(=O)N[C@@H](C)C(=O)N[C@@H](CCCCN)C(=O)N[C@@H](CCCCN)C(=O)O. The standard InChI is InChI=1S/C45H88N8O7/c1-5-6-7-8-9-10-11-12-13-14-15-16-17-18-19-29-40(54)50-36(26-20-23-30-46)42(56)53-39(33-34(2)3)44(58)49-35(4)41(55)51-37(27-21-24-31-47)43(57)52-38(45(59)60)28-22-25-32-48/h34-39H,5-33,46-48H2,1-4H3,(H,49,58)(H,50,54)(H,51,55)(H,52,57)(H,53,56)(H,59,60)/t35-,36-,37-,38-,39-/m0/s1. The number of rotatable bonds is 40. The van der Waals surface area contributed by atoms with Gasteiger partial charge in [-0.2, -0.15) is 0 Å². The number of hydrogen-bond acceptors (Lipinski definition) is 9. The van der Waals surface area contributed by atoms with Crippen molar-refractivity contribution in [3.63, 3.8) is 0 Å². The molecule has 12 N–H and O–H groups in total. The molecule has 350 valence electrons. The summed E-state index contributed by atoms with van der Waals surface area (Å²) in [4.78, 5) is 78.6. The van der Waals surface area contributed by atoms with Crippen LogP contribution >= 0.6 is 0 Å². The minimum absolute atomic E-state index is 0.00299. The Morgan fingerprint density at radius 3 is 1.22 bits per heavy atom. The molecule has 0 spiro atoms. The molecule has 0 radical (unpaired) electrons. The maximum Gasteiger partial charge on any atom is 0.326 e. The molecule has 0 fully saturated rings. The predicted molar refractivity (Wildman–Crippen MR) is 241 cm³/mol. The molecule has 0 saturated heterocycles. The average Bonchev–Trinajstić information content (AvgIpc) is 3.20. The summed E-state index contributed by atoms with van der Waals surface area (Å²) in [5.74, 6) is -3.75. The molecule has 5 amide bonds. The third-order valence-electron chi connectivity index (χ3n) is 10.8. The van der Waals surface area contributed by atoms with E-state index in [4.69, 9.17) is 17.2 Å². The van der Waals surface area contributed by atoms with Crippen LogP contribution in [0.15, 0.2) is 0 Å². The van der Waals surface area contributed by atoms with E-state index in [9.17, 15) is 33.9 Å². The molecule has 5 atom stereocenters. The molecule has 0 aliphatic heterocycles. The van der Waals surface area contributed by atoms with Gasteiger partial charge in [-0.05, 0) is 103 Å². The normalized spacial score (nSPS) is 13.8. The van der Waals surface area contributed by atoms with Crippen LogP contribution in [0.3, 0.4) is 0 Å². The van der Waals surface area contributed by atoms with E-state index in [1.54, 1.807) is 0 Å². The Hall–Kier alpha value is -3.30. The van der Waals surface area contributed by atoms with Crippen molar-refractivity contribution in [2.45, 2.75) is 225 Å². The molecule has 0 aromatic rings. The Morgan fingerprint density at radius 1 is 0.433 bits per heavy atom. The molecule has 0 aromatic carbocycles. The first-order valence-electron chi connectivity index (χ1n) is 23.6. The second-order valence-corrected chi connectivity index (χ2v) is 17.1. The molecular formula is C45H88N8O7. The number of carbonyl (C=O) groups excluding carboxylic acids is 5. The van der Waals surface area contributed by atoms with Gasteiger partial charge in [-0.15, -0.1) is 0 Å². The lowest BCUT2D eigenvalue weighted by atomic mass is 10.0. The van der Waals surface area contributed by atoms with Gasteiger partial charge in [0, 0.05) is 6.42 Å². The summed E-state index contributed by atoms with van der Waals surface area (Å²) in [7, 11) is 0. The molecule has 0 bridgehead atoms. The maximum atomic E-state index is 13.6. The number of nitrogens with two attached hydrogens (primary N) is 3. The van der Waals surface area contributed by atoms with Crippen molar-refractivity contribution < 1.29 is 33.9 Å². The monoisotopic (exact) mass is 853 g/mol. The Balaban J connectivity index is 5.22. The first-order chi connectivity index (χ1) is 28.8. The quantitative estimate of drug-likeness (QED) is 0.0364. The summed E-state index contributed by atoms with van der Waals surface area (Å²) >= 11 is 0. The second kappa shape index (κ2) is 37.5. The molecular weight excluding hydrogens is 765 g/mol. The summed E-state index contributed by atoms with van der Waals surface area (Å²) in [6, 6.07) is -5.14. The lowest BCUT2D eigenvalue weighted by Crippen LogP contribution is -2.58. The third-order valence-corrected chi connectivity index (χ3v) is 10.8. The lowest BCUT2D eigenvalue weighted by Gasteiger charge is -2.26. The highest BCUT2D eigenvalue weighted by atomic mass is 16.4. The molecule has 60 heavy (non-hydrogen) atoms. The number of nitrogens with one attached hydrogen (secondary N) is 5. The van der Waals surface area contributed by atoms with Crippen molar-refractivity contribution in [3.8, 4) is 0 Å². The minimum Gasteiger partial charge on any atom is -0.480 e. The molecule has 15 nitrogen and oxygen atoms in total. The Morgan fingerprint density at radius 2 is 0.800 bits per heavy atom. The van der Waals surface area contributed by atoms with E-state index in [-0.39, 0.29) is 31.1 Å². The van der Waals surface area contributed by atoms with Gasteiger partial charge in [0.15, 0.2) is 0 Å². The largest absolute Gasteiger partial charge is 0.480 e. The van der Waals surface area contributed by atoms with Gasteiger partial charge in [0.25, 0.3) is 0 Å². The first kappa shape index (κ1) is 56.7. The van der Waals surface area contributed by atoms with Crippen LogP contribution in [0.2, 0.25) is 0 Å². The predicted octanol–water partition coefficient (Wildman–Crippen LogP) is 5.21. The van der Waals surface area contributed by atoms with Crippen LogP contribution < -0.4 is 43.8 Å². The molecule has 0 rings (SSSR count). The highest BCUT2D eigenvalue weighted by Gasteiger charge is 2.31. The van der Waals surface area contributed by atoms with Crippen LogP contribution in [0.4, 0.5) is 0 Å². The lowest BCUT2D eigenvalue weighted by molar-refractivity contribution is -0.142. The fourth-order valence-electron chi connectivity index (χ4n) is 7.12. The summed E-state index contributed by atoms with van der Waals surface area (Å²) in [6.07, 6.45) is 23.4. The van der Waals surface area contributed by atoms with Crippen molar-refractivity contribution in [1.29, 1.82) is 0 Å². The minimum atomic E-state index is -1.19. The van der Waals surface area contributed by atoms with E-state index in [1.165, 1.54) is 77.6 Å². The fourth-order valence-corrected chi connectivity index (χ4v) is 7.12. The van der Waals surface area contributed by atoms with Crippen LogP contribution in [0.25, 0.3) is 0 Å². The van der Waals surface area contributed by atoms with Crippen molar-refractivity contribution in [2.24, 2.45) is 23.1 Å². The van der Waals surface area contributed by atoms with Gasteiger partial charge >= 0.3 is 5.97 Å². The van der Waals surface area contributed by atoms with Gasteiger partial charge in [0.1, 0.15) is 30.2 Å². The van der Waals surface area contributed by atoms with E-state index in [0.29, 0.717) is 71.0 Å². The van der Waals surface area contributed by atoms with E-state index in [1.807, 2.05) is 13.8 Å². The van der Waals surface area contributed by atoms with E-state index >= 15 is 0 Å². The number of hydrogen-bond donors (Lipinski definition) is 9. The van der Waals surface area contributed by atoms with E-state index in [0.717, 1.165) is 25.7 Å². The van der Waals surface area contributed by atoms with E-state index in [2.05, 4.69) is 33.5 Å². The third kappa shape index (κ3) is 29.8. The Kier molecular flexibility index (Phi) is 35.4. The van der Waals surface area contributed by atoms with Crippen molar-refractivity contribution in [1.82, 2.24) is 26.6 Å². The van der Waals surface area contributed by atoms with Gasteiger partial charge in [0.2, 0.25) is 29.5 Å². The zero-order valence-electron chi connectivity index (χ0n) is 38.1. The molecule has 0 unspecified atom stereocenters. The highest BCUT2D eigenvalue weighted by molar-refractivity contribution is 5.95. The number of amides is 5. The van der Waals surface area contributed by atoms with Gasteiger partial charge in [0.05, 0.1) is 0 Å². The Bertz CT molecular complexity index is 1170. The van der Waals surface area contributed by atoms with Gasteiger partial charge < -0.3 is 48.9 Å². The van der Waals surface area contributed by atoms with Crippen LogP contribution in [0.1, 0.15) is 195 Å². The Labute approximate surface area is 362 Å². The molecule has 0 aromatic heterocycles. The van der Waals surface area contributed by atoms with Crippen LogP contribution in [-0.4, -0.2) is 90.5 Å². The van der Waals surface area contributed by atoms with Crippen molar-refractivity contribution >= 4 is 35.5 Å². The molecule has 0 heterocycles. The molecule has 0 aliphatic rings. The number of carboxylic acid groups (broad SMARTS) is 1. The first-order valence-corrected chi connectivity index (χ1v) is 23.6. The summed E-state index contributed by atoms with van der Waals surface area (Å²) < 4.78 is 0. The van der Waals surface area contributed by atoms with Gasteiger partial charge in [-0.25, -0.2) is 4.79 Å². The van der Waals surface area contributed by atoms with Gasteiger partial charge in [-0.3, -0.25) is 24.0 Å². The van der Waals surface area contributed by atoms with Crippen LogP contribution in [-0.2, 0) is 28.8 Å². The topological polar surface area (TPSA) is 261 Å². The maximum absolute atomic E-state index is 13.6. The number of unbranched alkanes of at least 4 members (excludes halogenated alkanes) is 17. The molecule has 0 aliphatic carbocycles. The second-order valence-electron chi connectivity index (χ2n) is 17.1. The zero-order chi connectivity index (χ0) is 45.0. The highest BCUT2D eigenvalue weighted by Crippen LogP contribution is 2.15. The number of carbonyl (C=O) groups is 6. The fraction of sp³-hybridized carbons (Fsp3) is 0.867. The molecule has 0 saturated carbocycles. The smallest absolute Gasteiger partial charge is 0.326 e. The summed E-state index contributed by atoms with van der Waals surface area (Å²) in [6.45, 7) is 8.76. The van der Waals surface area contributed by atoms with E-state index < -0.39 is 59.8 Å². The summed E-state index contributed by atoms with van der Waals surface area (Å²) in [5.41, 5.74) is 16.9. The number of aliphatic carboxylic acids is 1. The van der Waals surface area contributed by atoms with Crippen LogP contribution in [0.5, 0.6) is 0 Å². The van der Waals surface area contributed by atoms with Crippen molar-refractivity contribution in [3.05, 3.63) is 0 Å². The van der Waals surface area contributed by atoms with Crippen LogP contribution in [0, 0.1) is 5.92 Å². The van der Waals surface area contributed by atoms with Gasteiger partial charge in [-0.1, -0.05) is 111 Å². The number of carboxylic acids is 1. The average molecular weight is 853 g/mol. The van der Waals surface area contributed by atoms with Crippen molar-refractivity contribution in [2.75, 3.05) is 19.6 Å². The molecule has 15 heteroatoms. The summed E-state index contributed by atoms with van der Waals surface area (Å²) in [5, 5.41) is 23.2.